The molecule has 86 valence electrons. The molecule has 0 atom stereocenters. The fourth-order valence-corrected chi connectivity index (χ4v) is 0.854. The third-order valence-electron chi connectivity index (χ3n) is 1.51. The van der Waals surface area contributed by atoms with Gasteiger partial charge in [-0.15, -0.1) is 0 Å². The molecule has 0 unspecified atom stereocenters. The molecule has 0 aliphatic rings. The number of aromatic nitrogens is 2. The summed E-state index contributed by atoms with van der Waals surface area (Å²) in [7, 11) is 0. The quantitative estimate of drug-likeness (QED) is 0.661. The van der Waals surface area contributed by atoms with Crippen molar-refractivity contribution in [2.24, 2.45) is 0 Å². The highest BCUT2D eigenvalue weighted by Gasteiger charge is 1.91. The summed E-state index contributed by atoms with van der Waals surface area (Å²) in [5, 5.41) is 8.18. The van der Waals surface area contributed by atoms with Gasteiger partial charge >= 0.3 is 0 Å². The Morgan fingerprint density at radius 2 is 1.29 bits per heavy atom. The SMILES string of the molecule is Fc1cccc(F)n1.N#Cc1cccc(F)n1. The van der Waals surface area contributed by atoms with Crippen LogP contribution >= 0.6 is 0 Å². The Labute approximate surface area is 95.2 Å². The lowest BCUT2D eigenvalue weighted by Gasteiger charge is -1.84. The van der Waals surface area contributed by atoms with Gasteiger partial charge in [-0.25, -0.2) is 4.98 Å². The smallest absolute Gasteiger partial charge is 0.209 e. The van der Waals surface area contributed by atoms with Gasteiger partial charge in [0.15, 0.2) is 0 Å². The fourth-order valence-electron chi connectivity index (χ4n) is 0.854. The first-order valence-corrected chi connectivity index (χ1v) is 4.42. The first-order valence-electron chi connectivity index (χ1n) is 4.42. The van der Waals surface area contributed by atoms with Gasteiger partial charge < -0.3 is 0 Å². The molecule has 0 amide bonds. The van der Waals surface area contributed by atoms with Crippen molar-refractivity contribution in [3.63, 3.8) is 0 Å². The van der Waals surface area contributed by atoms with Crippen LogP contribution in [-0.4, -0.2) is 9.97 Å². The lowest BCUT2D eigenvalue weighted by atomic mass is 10.4. The van der Waals surface area contributed by atoms with E-state index in [1.807, 2.05) is 0 Å². The van der Waals surface area contributed by atoms with E-state index in [4.69, 9.17) is 5.26 Å². The van der Waals surface area contributed by atoms with E-state index in [1.165, 1.54) is 24.3 Å². The van der Waals surface area contributed by atoms with Crippen LogP contribution in [0, 0.1) is 29.2 Å². The van der Waals surface area contributed by atoms with E-state index in [9.17, 15) is 13.2 Å². The maximum absolute atomic E-state index is 12.1. The maximum atomic E-state index is 12.1. The molecule has 0 aliphatic heterocycles. The van der Waals surface area contributed by atoms with E-state index in [0.29, 0.717) is 0 Å². The van der Waals surface area contributed by atoms with Crippen LogP contribution in [0.3, 0.4) is 0 Å². The van der Waals surface area contributed by atoms with Gasteiger partial charge in [0, 0.05) is 0 Å². The predicted molar refractivity (Wildman–Crippen MR) is 53.1 cm³/mol. The molecule has 0 aliphatic carbocycles. The van der Waals surface area contributed by atoms with E-state index in [-0.39, 0.29) is 5.69 Å². The number of pyridine rings is 2. The van der Waals surface area contributed by atoms with Gasteiger partial charge in [-0.2, -0.15) is 23.4 Å². The molecule has 0 N–H and O–H groups in total. The largest absolute Gasteiger partial charge is 0.215 e. The molecule has 0 radical (unpaired) electrons. The highest BCUT2D eigenvalue weighted by Crippen LogP contribution is 1.94. The summed E-state index contributed by atoms with van der Waals surface area (Å²) in [6, 6.07) is 9.24. The maximum Gasteiger partial charge on any atom is 0.215 e. The molecular formula is C11H6F3N3. The molecule has 6 heteroatoms. The Kier molecular flexibility index (Phi) is 4.63. The van der Waals surface area contributed by atoms with Crippen molar-refractivity contribution in [2.75, 3.05) is 0 Å². The number of hydrogen-bond donors (Lipinski definition) is 0. The zero-order valence-electron chi connectivity index (χ0n) is 8.44. The van der Waals surface area contributed by atoms with Crippen LogP contribution in [0.15, 0.2) is 36.4 Å². The van der Waals surface area contributed by atoms with Gasteiger partial charge in [-0.05, 0) is 24.3 Å². The number of halogens is 3. The summed E-state index contributed by atoms with van der Waals surface area (Å²) in [6.07, 6.45) is 0. The van der Waals surface area contributed by atoms with Crippen molar-refractivity contribution in [2.45, 2.75) is 0 Å². The molecule has 0 fully saturated rings. The summed E-state index contributed by atoms with van der Waals surface area (Å²) in [5.41, 5.74) is 0.106. The standard InChI is InChI=1S/C6H3FN2.C5H3F2N/c7-6-3-1-2-5(4-8)9-6;6-4-2-1-3-5(7)8-4/h1-3H;1-3H. The van der Waals surface area contributed by atoms with Gasteiger partial charge in [-0.3, -0.25) is 0 Å². The molecule has 2 heterocycles. The van der Waals surface area contributed by atoms with Gasteiger partial charge in [0.2, 0.25) is 17.8 Å². The molecule has 0 aromatic carbocycles. The summed E-state index contributed by atoms with van der Waals surface area (Å²) >= 11 is 0. The highest BCUT2D eigenvalue weighted by molar-refractivity contribution is 5.18. The van der Waals surface area contributed by atoms with Gasteiger partial charge in [0.1, 0.15) is 11.8 Å². The van der Waals surface area contributed by atoms with Gasteiger partial charge in [0.05, 0.1) is 0 Å². The molecule has 2 aromatic rings. The molecule has 2 aromatic heterocycles. The highest BCUT2D eigenvalue weighted by atomic mass is 19.1. The van der Waals surface area contributed by atoms with Crippen LogP contribution in [0.5, 0.6) is 0 Å². The number of nitriles is 1. The van der Waals surface area contributed by atoms with Crippen molar-refractivity contribution < 1.29 is 13.2 Å². The second-order valence-corrected chi connectivity index (χ2v) is 2.74. The van der Waals surface area contributed by atoms with Gasteiger partial charge in [-0.1, -0.05) is 12.1 Å². The zero-order valence-corrected chi connectivity index (χ0v) is 8.44. The summed E-state index contributed by atoms with van der Waals surface area (Å²) in [5.74, 6) is -2.19. The summed E-state index contributed by atoms with van der Waals surface area (Å²) in [6.45, 7) is 0. The van der Waals surface area contributed by atoms with Crippen molar-refractivity contribution in [3.05, 3.63) is 59.9 Å². The molecule has 0 spiro atoms. The monoisotopic (exact) mass is 237 g/mol. The van der Waals surface area contributed by atoms with E-state index >= 15 is 0 Å². The Morgan fingerprint density at radius 1 is 0.824 bits per heavy atom. The van der Waals surface area contributed by atoms with Crippen LogP contribution in [-0.2, 0) is 0 Å². The molecule has 2 rings (SSSR count). The Bertz CT molecular complexity index is 520. The first-order chi connectivity index (χ1) is 8.11. The number of rotatable bonds is 0. The van der Waals surface area contributed by atoms with Crippen LogP contribution in [0.4, 0.5) is 13.2 Å². The Balaban J connectivity index is 0.000000171. The molecule has 0 bridgehead atoms. The second kappa shape index (κ2) is 6.23. The van der Waals surface area contributed by atoms with Gasteiger partial charge in [0.25, 0.3) is 0 Å². The third kappa shape index (κ3) is 4.75. The summed E-state index contributed by atoms with van der Waals surface area (Å²) < 4.78 is 35.7. The van der Waals surface area contributed by atoms with E-state index in [0.717, 1.165) is 12.1 Å². The van der Waals surface area contributed by atoms with E-state index in [1.54, 1.807) is 6.07 Å². The second-order valence-electron chi connectivity index (χ2n) is 2.74. The molecule has 3 nitrogen and oxygen atoms in total. The van der Waals surface area contributed by atoms with Crippen LogP contribution in [0.25, 0.3) is 0 Å². The minimum Gasteiger partial charge on any atom is -0.209 e. The number of hydrogen-bond acceptors (Lipinski definition) is 3. The Morgan fingerprint density at radius 3 is 1.59 bits per heavy atom. The van der Waals surface area contributed by atoms with Crippen molar-refractivity contribution in [3.8, 4) is 6.07 Å². The molecule has 0 saturated carbocycles. The van der Waals surface area contributed by atoms with Crippen LogP contribution in [0.1, 0.15) is 5.69 Å². The Hall–Kier alpha value is -2.42. The zero-order chi connectivity index (χ0) is 12.7. The lowest BCUT2D eigenvalue weighted by molar-refractivity contribution is 0.513. The summed E-state index contributed by atoms with van der Waals surface area (Å²) in [4.78, 5) is 6.10. The van der Waals surface area contributed by atoms with E-state index < -0.39 is 17.8 Å². The average Bonchev–Trinajstić information content (AvgIpc) is 2.29. The molecular weight excluding hydrogens is 231 g/mol. The molecule has 0 saturated heterocycles. The lowest BCUT2D eigenvalue weighted by Crippen LogP contribution is -1.84. The van der Waals surface area contributed by atoms with Crippen LogP contribution in [0.2, 0.25) is 0 Å². The van der Waals surface area contributed by atoms with Crippen molar-refractivity contribution in [1.82, 2.24) is 9.97 Å². The average molecular weight is 237 g/mol. The minimum atomic E-state index is -0.787. The minimum absolute atomic E-state index is 0.106. The number of nitrogens with zero attached hydrogens (tertiary/aromatic N) is 3. The predicted octanol–water partition coefficient (Wildman–Crippen LogP) is 2.45. The van der Waals surface area contributed by atoms with E-state index in [2.05, 4.69) is 9.97 Å². The van der Waals surface area contributed by atoms with Crippen molar-refractivity contribution in [1.29, 1.82) is 5.26 Å². The first kappa shape index (κ1) is 12.6. The molecule has 17 heavy (non-hydrogen) atoms. The third-order valence-corrected chi connectivity index (χ3v) is 1.51. The normalized spacial score (nSPS) is 8.82. The van der Waals surface area contributed by atoms with Crippen molar-refractivity contribution >= 4 is 0 Å². The topological polar surface area (TPSA) is 49.6 Å². The fraction of sp³-hybridized carbons (Fsp3) is 0. The van der Waals surface area contributed by atoms with Crippen LogP contribution < -0.4 is 0 Å².